The fraction of sp³-hybridized carbons (Fsp3) is 0.300. The highest BCUT2D eigenvalue weighted by molar-refractivity contribution is 5.82. The summed E-state index contributed by atoms with van der Waals surface area (Å²) in [4.78, 5) is 10.7. The lowest BCUT2D eigenvalue weighted by Gasteiger charge is -2.07. The molecule has 0 atom stereocenters. The van der Waals surface area contributed by atoms with Gasteiger partial charge in [-0.15, -0.1) is 0 Å². The molecule has 0 spiro atoms. The Balaban J connectivity index is 3.21. The number of ether oxygens (including phenoxy) is 1. The Bertz CT molecular complexity index is 318. The Morgan fingerprint density at radius 3 is 2.77 bits per heavy atom. The van der Waals surface area contributed by atoms with Gasteiger partial charge >= 0.3 is 0 Å². The van der Waals surface area contributed by atoms with Crippen LogP contribution >= 0.6 is 0 Å². The van der Waals surface area contributed by atoms with Gasteiger partial charge in [-0.2, -0.15) is 0 Å². The molecule has 0 amide bonds. The average molecular weight is 180 g/mol. The number of carbonyl (C=O) groups is 1. The first kappa shape index (κ1) is 9.74. The maximum atomic E-state index is 10.7. The van der Waals surface area contributed by atoms with Crippen LogP contribution in [0.4, 0.5) is 0 Å². The normalized spacial score (nSPS) is 10.0. The van der Waals surface area contributed by atoms with Gasteiger partial charge in [-0.3, -0.25) is 4.79 Å². The summed E-state index contributed by atoms with van der Waals surface area (Å²) in [6.45, 7) is 2.08. The van der Waals surface area contributed by atoms with Gasteiger partial charge < -0.3 is 9.84 Å². The lowest BCUT2D eigenvalue weighted by atomic mass is 10.0. The number of carbonyl (C=O) groups excluding carboxylic acids is 1. The third kappa shape index (κ3) is 1.87. The first-order valence-electron chi connectivity index (χ1n) is 3.96. The van der Waals surface area contributed by atoms with Gasteiger partial charge in [0.2, 0.25) is 0 Å². The van der Waals surface area contributed by atoms with Crippen LogP contribution in [0.25, 0.3) is 0 Å². The molecule has 0 aliphatic rings. The standard InChI is InChI=1S/C10H12O3/c1-7-3-4-8(6-13-2)9(5-11)10(7)12/h3-5,12H,6H2,1-2H3. The molecule has 0 aromatic heterocycles. The minimum atomic E-state index is 0.0459. The maximum Gasteiger partial charge on any atom is 0.154 e. The summed E-state index contributed by atoms with van der Waals surface area (Å²) in [6.07, 6.45) is 0.649. The van der Waals surface area contributed by atoms with Gasteiger partial charge in [-0.05, 0) is 18.1 Å². The number of aryl methyl sites for hydroxylation is 1. The van der Waals surface area contributed by atoms with Crippen molar-refractivity contribution in [2.75, 3.05) is 7.11 Å². The van der Waals surface area contributed by atoms with Crippen molar-refractivity contribution >= 4 is 6.29 Å². The van der Waals surface area contributed by atoms with Crippen molar-refractivity contribution in [2.45, 2.75) is 13.5 Å². The quantitative estimate of drug-likeness (QED) is 0.719. The molecular formula is C10H12O3. The zero-order valence-corrected chi connectivity index (χ0v) is 7.70. The van der Waals surface area contributed by atoms with Crippen molar-refractivity contribution in [3.8, 4) is 5.75 Å². The predicted octanol–water partition coefficient (Wildman–Crippen LogP) is 1.66. The van der Waals surface area contributed by atoms with Crippen LogP contribution in [-0.2, 0) is 11.3 Å². The number of hydrogen-bond donors (Lipinski definition) is 1. The molecule has 1 N–H and O–H groups in total. The van der Waals surface area contributed by atoms with Gasteiger partial charge in [-0.1, -0.05) is 12.1 Å². The zero-order valence-electron chi connectivity index (χ0n) is 7.70. The van der Waals surface area contributed by atoms with Gasteiger partial charge in [0.15, 0.2) is 6.29 Å². The summed E-state index contributed by atoms with van der Waals surface area (Å²) in [6, 6.07) is 3.54. The third-order valence-corrected chi connectivity index (χ3v) is 1.93. The lowest BCUT2D eigenvalue weighted by molar-refractivity contribution is 0.111. The maximum absolute atomic E-state index is 10.7. The molecular weight excluding hydrogens is 168 g/mol. The van der Waals surface area contributed by atoms with E-state index in [9.17, 15) is 9.90 Å². The summed E-state index contributed by atoms with van der Waals surface area (Å²) >= 11 is 0. The summed E-state index contributed by atoms with van der Waals surface area (Å²) in [5.74, 6) is 0.0459. The van der Waals surface area contributed by atoms with Gasteiger partial charge in [0.05, 0.1) is 12.2 Å². The number of hydrogen-bond acceptors (Lipinski definition) is 3. The van der Waals surface area contributed by atoms with Crippen molar-refractivity contribution in [3.05, 3.63) is 28.8 Å². The van der Waals surface area contributed by atoms with Gasteiger partial charge in [-0.25, -0.2) is 0 Å². The summed E-state index contributed by atoms with van der Waals surface area (Å²) in [7, 11) is 1.55. The average Bonchev–Trinajstić information content (AvgIpc) is 2.12. The van der Waals surface area contributed by atoms with E-state index in [1.807, 2.05) is 0 Å². The Morgan fingerprint density at radius 2 is 2.23 bits per heavy atom. The molecule has 0 saturated carbocycles. The predicted molar refractivity (Wildman–Crippen MR) is 48.9 cm³/mol. The van der Waals surface area contributed by atoms with E-state index in [0.717, 1.165) is 0 Å². The number of benzene rings is 1. The monoisotopic (exact) mass is 180 g/mol. The first-order chi connectivity index (χ1) is 6.20. The highest BCUT2D eigenvalue weighted by Crippen LogP contribution is 2.24. The fourth-order valence-electron chi connectivity index (χ4n) is 1.17. The Labute approximate surface area is 77.0 Å². The largest absolute Gasteiger partial charge is 0.507 e. The highest BCUT2D eigenvalue weighted by Gasteiger charge is 2.08. The summed E-state index contributed by atoms with van der Waals surface area (Å²) in [5.41, 5.74) is 1.73. The highest BCUT2D eigenvalue weighted by atomic mass is 16.5. The van der Waals surface area contributed by atoms with Crippen LogP contribution in [0.5, 0.6) is 5.75 Å². The molecule has 0 aliphatic heterocycles. The van der Waals surface area contributed by atoms with Crippen LogP contribution in [0.1, 0.15) is 21.5 Å². The number of methoxy groups -OCH3 is 1. The molecule has 0 unspecified atom stereocenters. The van der Waals surface area contributed by atoms with E-state index in [-0.39, 0.29) is 5.75 Å². The van der Waals surface area contributed by atoms with E-state index >= 15 is 0 Å². The topological polar surface area (TPSA) is 46.5 Å². The molecule has 1 rings (SSSR count). The van der Waals surface area contributed by atoms with Gasteiger partial charge in [0.25, 0.3) is 0 Å². The Morgan fingerprint density at radius 1 is 1.54 bits per heavy atom. The molecule has 3 heteroatoms. The lowest BCUT2D eigenvalue weighted by Crippen LogP contribution is -1.96. The van der Waals surface area contributed by atoms with E-state index < -0.39 is 0 Å². The smallest absolute Gasteiger partial charge is 0.154 e. The molecule has 0 saturated heterocycles. The number of rotatable bonds is 3. The van der Waals surface area contributed by atoms with Gasteiger partial charge in [0, 0.05) is 7.11 Å². The molecule has 0 radical (unpaired) electrons. The third-order valence-electron chi connectivity index (χ3n) is 1.93. The zero-order chi connectivity index (χ0) is 9.84. The van der Waals surface area contributed by atoms with Crippen molar-refractivity contribution in [3.63, 3.8) is 0 Å². The minimum Gasteiger partial charge on any atom is -0.507 e. The second-order valence-electron chi connectivity index (χ2n) is 2.85. The molecule has 13 heavy (non-hydrogen) atoms. The molecule has 0 fully saturated rings. The van der Waals surface area contributed by atoms with Crippen molar-refractivity contribution < 1.29 is 14.6 Å². The van der Waals surface area contributed by atoms with Gasteiger partial charge in [0.1, 0.15) is 5.75 Å². The van der Waals surface area contributed by atoms with Crippen molar-refractivity contribution in [1.82, 2.24) is 0 Å². The molecule has 0 aliphatic carbocycles. The van der Waals surface area contributed by atoms with Crippen LogP contribution in [0, 0.1) is 6.92 Å². The number of aldehydes is 1. The van der Waals surface area contributed by atoms with E-state index in [0.29, 0.717) is 29.6 Å². The fourth-order valence-corrected chi connectivity index (χ4v) is 1.17. The van der Waals surface area contributed by atoms with Crippen molar-refractivity contribution in [1.29, 1.82) is 0 Å². The van der Waals surface area contributed by atoms with Crippen LogP contribution in [0.3, 0.4) is 0 Å². The molecule has 3 nitrogen and oxygen atoms in total. The van der Waals surface area contributed by atoms with Crippen LogP contribution in [0.2, 0.25) is 0 Å². The Kier molecular flexibility index (Phi) is 3.03. The van der Waals surface area contributed by atoms with E-state index in [4.69, 9.17) is 4.74 Å². The molecule has 0 heterocycles. The van der Waals surface area contributed by atoms with Crippen LogP contribution in [-0.4, -0.2) is 18.5 Å². The molecule has 0 bridgehead atoms. The molecule has 1 aromatic rings. The first-order valence-corrected chi connectivity index (χ1v) is 3.96. The van der Waals surface area contributed by atoms with Crippen LogP contribution < -0.4 is 0 Å². The van der Waals surface area contributed by atoms with E-state index in [2.05, 4.69) is 0 Å². The molecule has 70 valence electrons. The minimum absolute atomic E-state index is 0.0459. The van der Waals surface area contributed by atoms with Crippen LogP contribution in [0.15, 0.2) is 12.1 Å². The van der Waals surface area contributed by atoms with Crippen molar-refractivity contribution in [2.24, 2.45) is 0 Å². The van der Waals surface area contributed by atoms with E-state index in [1.54, 1.807) is 26.2 Å². The number of aromatic hydroxyl groups is 1. The second kappa shape index (κ2) is 4.05. The summed E-state index contributed by atoms with van der Waals surface area (Å²) < 4.78 is 4.90. The summed E-state index contributed by atoms with van der Waals surface area (Å²) in [5, 5.41) is 9.52. The molecule has 1 aromatic carbocycles. The Hall–Kier alpha value is -1.35. The number of phenolic OH excluding ortho intramolecular Hbond substituents is 1. The number of phenols is 1. The SMILES string of the molecule is COCc1ccc(C)c(O)c1C=O. The van der Waals surface area contributed by atoms with E-state index in [1.165, 1.54) is 0 Å². The second-order valence-corrected chi connectivity index (χ2v) is 2.85.